The van der Waals surface area contributed by atoms with Gasteiger partial charge in [-0.15, -0.1) is 0 Å². The first-order valence-electron chi connectivity index (χ1n) is 6.82. The van der Waals surface area contributed by atoms with Crippen molar-refractivity contribution in [3.8, 4) is 0 Å². The summed E-state index contributed by atoms with van der Waals surface area (Å²) in [5.74, 6) is -0.0515. The number of amides is 3. The van der Waals surface area contributed by atoms with Gasteiger partial charge in [-0.3, -0.25) is 9.78 Å². The number of carbonyl (C=O) groups is 2. The molecule has 1 atom stereocenters. The van der Waals surface area contributed by atoms with Gasteiger partial charge in [-0.05, 0) is 25.5 Å². The lowest BCUT2D eigenvalue weighted by Crippen LogP contribution is -2.39. The molecular formula is C14H22N4O2. The number of pyridine rings is 1. The van der Waals surface area contributed by atoms with E-state index in [1.165, 1.54) is 0 Å². The van der Waals surface area contributed by atoms with Gasteiger partial charge in [0.2, 0.25) is 5.91 Å². The number of hydrogen-bond acceptors (Lipinski definition) is 3. The SMILES string of the molecule is CC[C@H](C)NC(=O)CCNC(=O)NCc1ccccn1. The van der Waals surface area contributed by atoms with Gasteiger partial charge in [0.15, 0.2) is 0 Å². The molecule has 1 rings (SSSR count). The van der Waals surface area contributed by atoms with E-state index in [0.717, 1.165) is 12.1 Å². The van der Waals surface area contributed by atoms with Gasteiger partial charge in [-0.2, -0.15) is 0 Å². The van der Waals surface area contributed by atoms with Gasteiger partial charge in [0.25, 0.3) is 0 Å². The predicted molar refractivity (Wildman–Crippen MR) is 77.0 cm³/mol. The Morgan fingerprint density at radius 1 is 1.30 bits per heavy atom. The summed E-state index contributed by atoms with van der Waals surface area (Å²) < 4.78 is 0. The van der Waals surface area contributed by atoms with E-state index < -0.39 is 0 Å². The first kappa shape index (κ1) is 15.9. The maximum absolute atomic E-state index is 11.5. The van der Waals surface area contributed by atoms with E-state index >= 15 is 0 Å². The van der Waals surface area contributed by atoms with Crippen molar-refractivity contribution in [2.75, 3.05) is 6.54 Å². The van der Waals surface area contributed by atoms with E-state index in [1.54, 1.807) is 6.20 Å². The first-order chi connectivity index (χ1) is 9.61. The molecule has 1 heterocycles. The van der Waals surface area contributed by atoms with Crippen LogP contribution >= 0.6 is 0 Å². The Balaban J connectivity index is 2.13. The molecule has 0 fully saturated rings. The highest BCUT2D eigenvalue weighted by Gasteiger charge is 2.06. The molecule has 0 bridgehead atoms. The summed E-state index contributed by atoms with van der Waals surface area (Å²) in [6.45, 7) is 4.64. The highest BCUT2D eigenvalue weighted by Crippen LogP contribution is 1.92. The van der Waals surface area contributed by atoms with Crippen LogP contribution in [0.4, 0.5) is 4.79 Å². The minimum Gasteiger partial charge on any atom is -0.354 e. The number of aromatic nitrogens is 1. The molecule has 0 aromatic carbocycles. The Bertz CT molecular complexity index is 422. The van der Waals surface area contributed by atoms with Crippen molar-refractivity contribution >= 4 is 11.9 Å². The van der Waals surface area contributed by atoms with E-state index in [2.05, 4.69) is 20.9 Å². The molecule has 6 heteroatoms. The van der Waals surface area contributed by atoms with Crippen molar-refractivity contribution in [1.29, 1.82) is 0 Å². The third-order valence-electron chi connectivity index (χ3n) is 2.81. The molecule has 1 aromatic heterocycles. The highest BCUT2D eigenvalue weighted by atomic mass is 16.2. The monoisotopic (exact) mass is 278 g/mol. The molecule has 110 valence electrons. The highest BCUT2D eigenvalue weighted by molar-refractivity contribution is 5.78. The molecule has 20 heavy (non-hydrogen) atoms. The van der Waals surface area contributed by atoms with Crippen LogP contribution in [0.1, 0.15) is 32.4 Å². The van der Waals surface area contributed by atoms with Crippen LogP contribution in [0.15, 0.2) is 24.4 Å². The predicted octanol–water partition coefficient (Wildman–Crippen LogP) is 1.19. The van der Waals surface area contributed by atoms with Crippen LogP contribution in [0, 0.1) is 0 Å². The zero-order chi connectivity index (χ0) is 14.8. The summed E-state index contributed by atoms with van der Waals surface area (Å²) in [6.07, 6.45) is 2.85. The van der Waals surface area contributed by atoms with E-state index in [0.29, 0.717) is 13.1 Å². The molecule has 6 nitrogen and oxygen atoms in total. The topological polar surface area (TPSA) is 83.1 Å². The lowest BCUT2D eigenvalue weighted by atomic mass is 10.2. The smallest absolute Gasteiger partial charge is 0.315 e. The summed E-state index contributed by atoms with van der Waals surface area (Å²) in [5.41, 5.74) is 0.789. The van der Waals surface area contributed by atoms with Crippen molar-refractivity contribution in [2.24, 2.45) is 0 Å². The maximum Gasteiger partial charge on any atom is 0.315 e. The Labute approximate surface area is 119 Å². The maximum atomic E-state index is 11.5. The third kappa shape index (κ3) is 6.72. The standard InChI is InChI=1S/C14H22N4O2/c1-3-11(2)18-13(19)7-9-16-14(20)17-10-12-6-4-5-8-15-12/h4-6,8,11H,3,7,9-10H2,1-2H3,(H,18,19)(H2,16,17,20)/t11-/m0/s1. The summed E-state index contributed by atoms with van der Waals surface area (Å²) in [4.78, 5) is 27.1. The molecule has 0 saturated heterocycles. The Hall–Kier alpha value is -2.11. The van der Waals surface area contributed by atoms with E-state index in [9.17, 15) is 9.59 Å². The summed E-state index contributed by atoms with van der Waals surface area (Å²) in [7, 11) is 0. The van der Waals surface area contributed by atoms with Crippen molar-refractivity contribution in [1.82, 2.24) is 20.9 Å². The minimum atomic E-state index is -0.299. The number of carbonyl (C=O) groups excluding carboxylic acids is 2. The third-order valence-corrected chi connectivity index (χ3v) is 2.81. The molecule has 0 radical (unpaired) electrons. The summed E-state index contributed by atoms with van der Waals surface area (Å²) in [5, 5.41) is 8.16. The van der Waals surface area contributed by atoms with Crippen LogP contribution in [0.5, 0.6) is 0 Å². The van der Waals surface area contributed by atoms with Crippen LogP contribution in [-0.2, 0) is 11.3 Å². The Morgan fingerprint density at radius 2 is 2.10 bits per heavy atom. The van der Waals surface area contributed by atoms with E-state index in [-0.39, 0.29) is 24.4 Å². The molecule has 0 aliphatic rings. The van der Waals surface area contributed by atoms with Crippen LogP contribution in [0.25, 0.3) is 0 Å². The molecule has 0 unspecified atom stereocenters. The Morgan fingerprint density at radius 3 is 2.75 bits per heavy atom. The van der Waals surface area contributed by atoms with Crippen molar-refractivity contribution in [2.45, 2.75) is 39.3 Å². The van der Waals surface area contributed by atoms with E-state index in [1.807, 2.05) is 32.0 Å². The van der Waals surface area contributed by atoms with Crippen LogP contribution < -0.4 is 16.0 Å². The summed E-state index contributed by atoms with van der Waals surface area (Å²) >= 11 is 0. The van der Waals surface area contributed by atoms with Gasteiger partial charge in [0.1, 0.15) is 0 Å². The van der Waals surface area contributed by atoms with Gasteiger partial charge in [0, 0.05) is 25.2 Å². The molecule has 3 amide bonds. The molecule has 0 aliphatic heterocycles. The first-order valence-corrected chi connectivity index (χ1v) is 6.82. The molecule has 0 spiro atoms. The lowest BCUT2D eigenvalue weighted by molar-refractivity contribution is -0.121. The van der Waals surface area contributed by atoms with Crippen molar-refractivity contribution in [3.63, 3.8) is 0 Å². The van der Waals surface area contributed by atoms with E-state index in [4.69, 9.17) is 0 Å². The molecule has 1 aromatic rings. The summed E-state index contributed by atoms with van der Waals surface area (Å²) in [6, 6.07) is 5.38. The minimum absolute atomic E-state index is 0.0515. The molecule has 0 aliphatic carbocycles. The van der Waals surface area contributed by atoms with Gasteiger partial charge in [0.05, 0.1) is 12.2 Å². The van der Waals surface area contributed by atoms with Crippen LogP contribution in [0.3, 0.4) is 0 Å². The quantitative estimate of drug-likeness (QED) is 0.700. The molecular weight excluding hydrogens is 256 g/mol. The number of nitrogens with zero attached hydrogens (tertiary/aromatic N) is 1. The average molecular weight is 278 g/mol. The number of nitrogens with one attached hydrogen (secondary N) is 3. The molecule has 0 saturated carbocycles. The number of rotatable bonds is 7. The second-order valence-corrected chi connectivity index (χ2v) is 4.56. The van der Waals surface area contributed by atoms with Crippen molar-refractivity contribution < 1.29 is 9.59 Å². The van der Waals surface area contributed by atoms with Gasteiger partial charge < -0.3 is 16.0 Å². The zero-order valence-electron chi connectivity index (χ0n) is 12.0. The van der Waals surface area contributed by atoms with Crippen molar-refractivity contribution in [3.05, 3.63) is 30.1 Å². The molecule has 3 N–H and O–H groups in total. The normalized spacial score (nSPS) is 11.5. The fraction of sp³-hybridized carbons (Fsp3) is 0.500. The zero-order valence-corrected chi connectivity index (χ0v) is 12.0. The second kappa shape index (κ2) is 8.90. The fourth-order valence-electron chi connectivity index (χ4n) is 1.47. The van der Waals surface area contributed by atoms with Gasteiger partial charge >= 0.3 is 6.03 Å². The largest absolute Gasteiger partial charge is 0.354 e. The lowest BCUT2D eigenvalue weighted by Gasteiger charge is -2.11. The number of urea groups is 1. The average Bonchev–Trinajstić information content (AvgIpc) is 2.46. The fourth-order valence-corrected chi connectivity index (χ4v) is 1.47. The van der Waals surface area contributed by atoms with Crippen LogP contribution in [0.2, 0.25) is 0 Å². The Kier molecular flexibility index (Phi) is 7.10. The van der Waals surface area contributed by atoms with Crippen LogP contribution in [-0.4, -0.2) is 29.5 Å². The van der Waals surface area contributed by atoms with Gasteiger partial charge in [-0.1, -0.05) is 13.0 Å². The second-order valence-electron chi connectivity index (χ2n) is 4.56. The van der Waals surface area contributed by atoms with Gasteiger partial charge in [-0.25, -0.2) is 4.79 Å². The number of hydrogen-bond donors (Lipinski definition) is 3.